The van der Waals surface area contributed by atoms with Gasteiger partial charge in [0.25, 0.3) is 0 Å². The molecule has 1 heterocycles. The van der Waals surface area contributed by atoms with Crippen LogP contribution in [0.2, 0.25) is 0 Å². The minimum Gasteiger partial charge on any atom is -0.399 e. The lowest BCUT2D eigenvalue weighted by atomic mass is 10.1. The summed E-state index contributed by atoms with van der Waals surface area (Å²) in [6, 6.07) is 14.7. The van der Waals surface area contributed by atoms with Crippen LogP contribution in [-0.2, 0) is 0 Å². The number of benzene rings is 2. The maximum atomic E-state index is 10.9. The smallest absolute Gasteiger partial charge is 0.316 e. The van der Waals surface area contributed by atoms with Crippen LogP contribution in [0, 0.1) is 0 Å². The van der Waals surface area contributed by atoms with Gasteiger partial charge in [-0.15, -0.1) is 12.4 Å². The summed E-state index contributed by atoms with van der Waals surface area (Å²) < 4.78 is 0. The average molecular weight is 303 g/mol. The van der Waals surface area contributed by atoms with Gasteiger partial charge in [-0.1, -0.05) is 18.2 Å². The van der Waals surface area contributed by atoms with Crippen LogP contribution in [0.1, 0.15) is 0 Å². The van der Waals surface area contributed by atoms with Gasteiger partial charge in [0.15, 0.2) is 0 Å². The second kappa shape index (κ2) is 5.76. The maximum Gasteiger partial charge on any atom is 0.316 e. The quantitative estimate of drug-likeness (QED) is 0.546. The molecule has 3 aromatic rings. The number of nitrogen functional groups attached to an aromatic ring is 1. The monoisotopic (exact) mass is 302 g/mol. The molecular formula is C15H15ClN4O. The Balaban J connectivity index is 0.00000161. The summed E-state index contributed by atoms with van der Waals surface area (Å²) in [7, 11) is 0. The van der Waals surface area contributed by atoms with Crippen LogP contribution < -0.4 is 16.8 Å². The molecule has 0 atom stereocenters. The van der Waals surface area contributed by atoms with Crippen LogP contribution in [0.3, 0.4) is 0 Å². The van der Waals surface area contributed by atoms with E-state index in [2.05, 4.69) is 16.4 Å². The van der Waals surface area contributed by atoms with E-state index in [1.165, 1.54) is 0 Å². The van der Waals surface area contributed by atoms with Gasteiger partial charge in [-0.3, -0.25) is 0 Å². The first-order valence-electron chi connectivity index (χ1n) is 6.17. The first-order valence-corrected chi connectivity index (χ1v) is 6.17. The maximum absolute atomic E-state index is 10.9. The van der Waals surface area contributed by atoms with E-state index in [9.17, 15) is 4.79 Å². The standard InChI is InChI=1S/C15H14N4O.ClH/c16-11-4-1-9(2-5-11)13-7-10-3-6-12(18-15(17)20)8-14(10)19-13;/h1-8,19H,16H2,(H3,17,18,20);1H. The zero-order valence-electron chi connectivity index (χ0n) is 11.1. The molecule has 6 heteroatoms. The van der Waals surface area contributed by atoms with E-state index < -0.39 is 6.03 Å². The number of rotatable bonds is 2. The molecule has 108 valence electrons. The summed E-state index contributed by atoms with van der Waals surface area (Å²) in [5, 5.41) is 3.62. The number of hydrogen-bond donors (Lipinski definition) is 4. The van der Waals surface area contributed by atoms with E-state index in [1.54, 1.807) is 0 Å². The minimum atomic E-state index is -0.574. The molecule has 0 bridgehead atoms. The number of nitrogens with two attached hydrogens (primary N) is 2. The number of urea groups is 1. The third-order valence-corrected chi connectivity index (χ3v) is 3.11. The number of fused-ring (bicyclic) bond motifs is 1. The van der Waals surface area contributed by atoms with E-state index in [0.29, 0.717) is 5.69 Å². The van der Waals surface area contributed by atoms with Gasteiger partial charge < -0.3 is 21.8 Å². The number of carbonyl (C=O) groups excluding carboxylic acids is 1. The first kappa shape index (κ1) is 14.7. The average Bonchev–Trinajstić information content (AvgIpc) is 2.81. The highest BCUT2D eigenvalue weighted by atomic mass is 35.5. The normalized spacial score (nSPS) is 10.1. The van der Waals surface area contributed by atoms with Crippen LogP contribution >= 0.6 is 12.4 Å². The molecule has 6 N–H and O–H groups in total. The van der Waals surface area contributed by atoms with Crippen molar-refractivity contribution in [3.8, 4) is 11.3 Å². The Morgan fingerprint density at radius 2 is 1.76 bits per heavy atom. The van der Waals surface area contributed by atoms with Gasteiger partial charge in [0, 0.05) is 28.0 Å². The molecule has 5 nitrogen and oxygen atoms in total. The Labute approximate surface area is 127 Å². The molecule has 0 aliphatic heterocycles. The molecule has 0 fully saturated rings. The van der Waals surface area contributed by atoms with Crippen molar-refractivity contribution in [2.24, 2.45) is 5.73 Å². The highest BCUT2D eigenvalue weighted by molar-refractivity contribution is 5.93. The fourth-order valence-electron chi connectivity index (χ4n) is 2.17. The summed E-state index contributed by atoms with van der Waals surface area (Å²) in [4.78, 5) is 14.2. The van der Waals surface area contributed by atoms with E-state index in [4.69, 9.17) is 11.5 Å². The predicted molar refractivity (Wildman–Crippen MR) is 88.6 cm³/mol. The first-order chi connectivity index (χ1) is 9.61. The number of carbonyl (C=O) groups is 1. The van der Waals surface area contributed by atoms with Gasteiger partial charge in [0.2, 0.25) is 0 Å². The molecule has 3 rings (SSSR count). The molecule has 0 spiro atoms. The van der Waals surface area contributed by atoms with E-state index in [1.807, 2.05) is 42.5 Å². The van der Waals surface area contributed by atoms with Crippen molar-refractivity contribution in [3.05, 3.63) is 48.5 Å². The van der Waals surface area contributed by atoms with Gasteiger partial charge in [0.1, 0.15) is 0 Å². The molecule has 0 unspecified atom stereocenters. The second-order valence-electron chi connectivity index (χ2n) is 4.60. The zero-order valence-corrected chi connectivity index (χ0v) is 11.9. The highest BCUT2D eigenvalue weighted by Crippen LogP contribution is 2.26. The number of aromatic amines is 1. The van der Waals surface area contributed by atoms with E-state index in [0.717, 1.165) is 27.8 Å². The third kappa shape index (κ3) is 3.09. The summed E-state index contributed by atoms with van der Waals surface area (Å²) in [6.45, 7) is 0. The predicted octanol–water partition coefficient (Wildman–Crippen LogP) is 3.33. The number of primary amides is 1. The van der Waals surface area contributed by atoms with Crippen LogP contribution in [0.5, 0.6) is 0 Å². The molecule has 0 saturated heterocycles. The number of H-pyrrole nitrogens is 1. The lowest BCUT2D eigenvalue weighted by Gasteiger charge is -2.00. The topological polar surface area (TPSA) is 96.9 Å². The largest absolute Gasteiger partial charge is 0.399 e. The molecule has 2 amide bonds. The van der Waals surface area contributed by atoms with Gasteiger partial charge in [-0.2, -0.15) is 0 Å². The lowest BCUT2D eigenvalue weighted by Crippen LogP contribution is -2.19. The summed E-state index contributed by atoms with van der Waals surface area (Å²) >= 11 is 0. The van der Waals surface area contributed by atoms with Crippen molar-refractivity contribution >= 4 is 40.7 Å². The number of amides is 2. The molecular weight excluding hydrogens is 288 g/mol. The fourth-order valence-corrected chi connectivity index (χ4v) is 2.17. The molecule has 0 radical (unpaired) electrons. The van der Waals surface area contributed by atoms with Crippen molar-refractivity contribution in [1.29, 1.82) is 0 Å². The molecule has 0 aliphatic carbocycles. The highest BCUT2D eigenvalue weighted by Gasteiger charge is 2.05. The van der Waals surface area contributed by atoms with Crippen LogP contribution in [0.4, 0.5) is 16.2 Å². The number of halogens is 1. The fraction of sp³-hybridized carbons (Fsp3) is 0. The van der Waals surface area contributed by atoms with Crippen LogP contribution in [0.25, 0.3) is 22.2 Å². The van der Waals surface area contributed by atoms with Gasteiger partial charge in [-0.25, -0.2) is 4.79 Å². The zero-order chi connectivity index (χ0) is 14.1. The summed E-state index contributed by atoms with van der Waals surface area (Å²) in [5.41, 5.74) is 15.2. The molecule has 2 aromatic carbocycles. The second-order valence-corrected chi connectivity index (χ2v) is 4.60. The van der Waals surface area contributed by atoms with Crippen LogP contribution in [-0.4, -0.2) is 11.0 Å². The Kier molecular flexibility index (Phi) is 4.05. The summed E-state index contributed by atoms with van der Waals surface area (Å²) in [6.07, 6.45) is 0. The van der Waals surface area contributed by atoms with Crippen molar-refractivity contribution < 1.29 is 4.79 Å². The van der Waals surface area contributed by atoms with Crippen molar-refractivity contribution in [1.82, 2.24) is 4.98 Å². The van der Waals surface area contributed by atoms with E-state index >= 15 is 0 Å². The Bertz CT molecular complexity index is 780. The van der Waals surface area contributed by atoms with Crippen molar-refractivity contribution in [3.63, 3.8) is 0 Å². The van der Waals surface area contributed by atoms with Crippen molar-refractivity contribution in [2.75, 3.05) is 11.1 Å². The van der Waals surface area contributed by atoms with Gasteiger partial charge >= 0.3 is 6.03 Å². The molecule has 1 aromatic heterocycles. The number of hydrogen-bond acceptors (Lipinski definition) is 2. The Morgan fingerprint density at radius 1 is 1.05 bits per heavy atom. The number of nitrogens with one attached hydrogen (secondary N) is 2. The van der Waals surface area contributed by atoms with E-state index in [-0.39, 0.29) is 12.4 Å². The molecule has 0 saturated carbocycles. The molecule has 0 aliphatic rings. The lowest BCUT2D eigenvalue weighted by molar-refractivity contribution is 0.259. The Hall–Kier alpha value is -2.66. The van der Waals surface area contributed by atoms with Crippen molar-refractivity contribution in [2.45, 2.75) is 0 Å². The van der Waals surface area contributed by atoms with Gasteiger partial charge in [-0.05, 0) is 35.9 Å². The SMILES string of the molecule is Cl.NC(=O)Nc1ccc2cc(-c3ccc(N)cc3)[nH]c2c1. The minimum absolute atomic E-state index is 0. The number of aromatic nitrogens is 1. The number of anilines is 2. The Morgan fingerprint density at radius 3 is 2.43 bits per heavy atom. The van der Waals surface area contributed by atoms with Gasteiger partial charge in [0.05, 0.1) is 0 Å². The summed E-state index contributed by atoms with van der Waals surface area (Å²) in [5.74, 6) is 0. The van der Waals surface area contributed by atoms with Crippen LogP contribution in [0.15, 0.2) is 48.5 Å². The third-order valence-electron chi connectivity index (χ3n) is 3.11. The molecule has 21 heavy (non-hydrogen) atoms.